The van der Waals surface area contributed by atoms with E-state index >= 15 is 0 Å². The van der Waals surface area contributed by atoms with Gasteiger partial charge in [-0.05, 0) is 29.6 Å². The van der Waals surface area contributed by atoms with Crippen LogP contribution in [-0.2, 0) is 7.59 Å². The van der Waals surface area contributed by atoms with Gasteiger partial charge in [0.1, 0.15) is 0 Å². The first kappa shape index (κ1) is 17.9. The highest BCUT2D eigenvalue weighted by Gasteiger charge is 2.34. The van der Waals surface area contributed by atoms with Crippen LogP contribution in [0.1, 0.15) is 17.5 Å². The van der Waals surface area contributed by atoms with Crippen LogP contribution in [0.2, 0.25) is 0 Å². The van der Waals surface area contributed by atoms with Gasteiger partial charge in [0.05, 0.1) is 0 Å². The predicted molar refractivity (Wildman–Crippen MR) is 94.6 cm³/mol. The average Bonchev–Trinajstić information content (AvgIpc) is 2.85. The molecule has 0 saturated carbocycles. The van der Waals surface area contributed by atoms with Gasteiger partial charge in [-0.1, -0.05) is 69.6 Å². The maximum Gasteiger partial charge on any atom is 0.250 e. The Balaban J connectivity index is 2.54. The van der Waals surface area contributed by atoms with Gasteiger partial charge in [-0.3, -0.25) is 0 Å². The summed E-state index contributed by atoms with van der Waals surface area (Å²) in [7, 11) is -0.433. The SMILES string of the molecule is [CH2]C[SH]1C=CC(c2nc(C(Cl)(Cl)Cl)nc(C(Cl)(Cl)Cl)n2)=C1. The molecule has 0 aromatic carbocycles. The van der Waals surface area contributed by atoms with E-state index < -0.39 is 18.5 Å². The Kier molecular flexibility index (Phi) is 5.63. The third-order valence-corrected chi connectivity index (χ3v) is 5.08. The molecule has 0 N–H and O–H groups in total. The average molecular weight is 427 g/mol. The second-order valence-electron chi connectivity index (χ2n) is 3.94. The van der Waals surface area contributed by atoms with Gasteiger partial charge in [0.25, 0.3) is 0 Å². The summed E-state index contributed by atoms with van der Waals surface area (Å²) in [4.78, 5) is 12.2. The lowest BCUT2D eigenvalue weighted by Crippen LogP contribution is -2.17. The van der Waals surface area contributed by atoms with Crippen molar-refractivity contribution >= 4 is 86.1 Å². The zero-order valence-electron chi connectivity index (χ0n) is 10.2. The molecule has 1 unspecified atom stereocenters. The van der Waals surface area contributed by atoms with Gasteiger partial charge >= 0.3 is 0 Å². The van der Waals surface area contributed by atoms with Gasteiger partial charge in [-0.15, -0.1) is 0 Å². The van der Waals surface area contributed by atoms with E-state index in [1.165, 1.54) is 0 Å². The smallest absolute Gasteiger partial charge is 0.213 e. The van der Waals surface area contributed by atoms with E-state index in [1.54, 1.807) is 0 Å². The molecule has 1 aliphatic rings. The molecule has 2 rings (SSSR count). The van der Waals surface area contributed by atoms with E-state index in [9.17, 15) is 0 Å². The van der Waals surface area contributed by atoms with E-state index in [2.05, 4.69) is 21.9 Å². The zero-order chi connectivity index (χ0) is 15.8. The minimum absolute atomic E-state index is 0.0982. The number of allylic oxidation sites excluding steroid dienone is 2. The van der Waals surface area contributed by atoms with Crippen molar-refractivity contribution in [2.24, 2.45) is 0 Å². The Bertz CT molecular complexity index is 573. The van der Waals surface area contributed by atoms with Crippen LogP contribution in [0.4, 0.5) is 0 Å². The molecule has 1 aromatic heterocycles. The molecule has 1 radical (unpaired) electrons. The zero-order valence-corrected chi connectivity index (χ0v) is 15.6. The van der Waals surface area contributed by atoms with Gasteiger partial charge in [0, 0.05) is 5.57 Å². The Hall–Kier alpha value is 0.580. The fourth-order valence-electron chi connectivity index (χ4n) is 1.47. The van der Waals surface area contributed by atoms with Crippen LogP contribution in [-0.4, -0.2) is 20.7 Å². The lowest BCUT2D eigenvalue weighted by Gasteiger charge is -2.15. The monoisotopic (exact) mass is 424 g/mol. The maximum atomic E-state index is 5.82. The number of halogens is 6. The van der Waals surface area contributed by atoms with Crippen LogP contribution in [0.3, 0.4) is 0 Å². The van der Waals surface area contributed by atoms with Crippen LogP contribution < -0.4 is 0 Å². The van der Waals surface area contributed by atoms with Crippen molar-refractivity contribution in [2.45, 2.75) is 7.59 Å². The molecule has 0 saturated heterocycles. The number of thiol groups is 1. The second kappa shape index (κ2) is 6.60. The third-order valence-electron chi connectivity index (χ3n) is 2.41. The summed E-state index contributed by atoms with van der Waals surface area (Å²) < 4.78 is -3.69. The molecule has 3 nitrogen and oxygen atoms in total. The fourth-order valence-corrected chi connectivity index (χ4v) is 3.25. The highest BCUT2D eigenvalue weighted by atomic mass is 35.6. The largest absolute Gasteiger partial charge is 0.250 e. The summed E-state index contributed by atoms with van der Waals surface area (Å²) in [6.07, 6.45) is 1.87. The first-order valence-electron chi connectivity index (χ1n) is 5.47. The quantitative estimate of drug-likeness (QED) is 0.520. The fraction of sp³-hybridized carbons (Fsp3) is 0.273. The minimum Gasteiger partial charge on any atom is -0.213 e. The molecule has 0 aliphatic carbocycles. The van der Waals surface area contributed by atoms with Crippen LogP contribution in [0.5, 0.6) is 0 Å². The molecule has 0 amide bonds. The molecule has 115 valence electrons. The van der Waals surface area contributed by atoms with Gasteiger partial charge in [-0.25, -0.2) is 25.8 Å². The number of aromatic nitrogens is 3. The van der Waals surface area contributed by atoms with Crippen molar-refractivity contribution in [2.75, 3.05) is 5.75 Å². The van der Waals surface area contributed by atoms with E-state index in [0.29, 0.717) is 5.82 Å². The van der Waals surface area contributed by atoms with Gasteiger partial charge < -0.3 is 0 Å². The van der Waals surface area contributed by atoms with Crippen LogP contribution >= 0.6 is 80.5 Å². The highest BCUT2D eigenvalue weighted by Crippen LogP contribution is 2.42. The van der Waals surface area contributed by atoms with Gasteiger partial charge in [0.15, 0.2) is 17.5 Å². The molecule has 0 fully saturated rings. The van der Waals surface area contributed by atoms with Crippen LogP contribution in [0, 0.1) is 6.92 Å². The molecular formula is C11H8Cl6N3S. The van der Waals surface area contributed by atoms with Crippen molar-refractivity contribution in [1.82, 2.24) is 15.0 Å². The van der Waals surface area contributed by atoms with Crippen molar-refractivity contribution < 1.29 is 0 Å². The molecule has 0 spiro atoms. The molecule has 0 bridgehead atoms. The summed E-state index contributed by atoms with van der Waals surface area (Å²) in [5.41, 5.74) is 0.762. The Morgan fingerprint density at radius 2 is 1.48 bits per heavy atom. The summed E-state index contributed by atoms with van der Waals surface area (Å²) >= 11 is 34.9. The van der Waals surface area contributed by atoms with Crippen molar-refractivity contribution in [3.8, 4) is 0 Å². The van der Waals surface area contributed by atoms with Gasteiger partial charge in [-0.2, -0.15) is 0 Å². The summed E-state index contributed by atoms with van der Waals surface area (Å²) in [6, 6.07) is 0. The highest BCUT2D eigenvalue weighted by molar-refractivity contribution is 8.22. The maximum absolute atomic E-state index is 5.82. The summed E-state index contributed by atoms with van der Waals surface area (Å²) in [5, 5.41) is 4.04. The third kappa shape index (κ3) is 4.54. The number of rotatable bonds is 2. The van der Waals surface area contributed by atoms with Crippen molar-refractivity contribution in [1.29, 1.82) is 0 Å². The van der Waals surface area contributed by atoms with E-state index in [0.717, 1.165) is 11.3 Å². The number of nitrogens with zero attached hydrogens (tertiary/aromatic N) is 3. The Morgan fingerprint density at radius 1 is 0.952 bits per heavy atom. The Morgan fingerprint density at radius 3 is 1.86 bits per heavy atom. The molecule has 10 heteroatoms. The normalized spacial score (nSPS) is 20.7. The standard InChI is InChI=1S/C11H8Cl6N3S/c1-2-21-4-3-6(5-21)7-18-8(10(12,13)14)20-9(19-7)11(15,16)17/h3-5,21H,1-2H2. The van der Waals surface area contributed by atoms with Crippen LogP contribution in [0.15, 0.2) is 16.9 Å². The lowest BCUT2D eigenvalue weighted by atomic mass is 10.3. The summed E-state index contributed by atoms with van der Waals surface area (Å²) in [6.45, 7) is 3.86. The second-order valence-corrected chi connectivity index (χ2v) is 10.5. The Labute approximate surface area is 155 Å². The van der Waals surface area contributed by atoms with Crippen molar-refractivity contribution in [3.05, 3.63) is 41.3 Å². The minimum atomic E-state index is -1.84. The molecule has 1 aliphatic heterocycles. The predicted octanol–water partition coefficient (Wildman–Crippen LogP) is 5.23. The first-order chi connectivity index (χ1) is 9.61. The van der Waals surface area contributed by atoms with E-state index in [1.807, 2.05) is 16.9 Å². The molecular weight excluding hydrogens is 419 g/mol. The van der Waals surface area contributed by atoms with E-state index in [-0.39, 0.29) is 11.6 Å². The number of alkyl halides is 6. The first-order valence-corrected chi connectivity index (χ1v) is 9.40. The molecule has 1 atom stereocenters. The topological polar surface area (TPSA) is 38.7 Å². The number of hydrogen-bond acceptors (Lipinski definition) is 3. The van der Waals surface area contributed by atoms with Crippen LogP contribution in [0.25, 0.3) is 5.57 Å². The van der Waals surface area contributed by atoms with Crippen molar-refractivity contribution in [3.63, 3.8) is 0 Å². The lowest BCUT2D eigenvalue weighted by molar-refractivity contribution is 0.832. The molecule has 21 heavy (non-hydrogen) atoms. The summed E-state index contributed by atoms with van der Waals surface area (Å²) in [5.74, 6) is 0.870. The number of hydrogen-bond donors (Lipinski definition) is 1. The van der Waals surface area contributed by atoms with E-state index in [4.69, 9.17) is 69.6 Å². The molecule has 1 aromatic rings. The van der Waals surface area contributed by atoms with Gasteiger partial charge in [0.2, 0.25) is 7.59 Å². The molecule has 2 heterocycles.